The average Bonchev–Trinajstić information content (AvgIpc) is 2.53. The van der Waals surface area contributed by atoms with E-state index in [9.17, 15) is 4.79 Å². The Kier molecular flexibility index (Phi) is 6.30. The van der Waals surface area contributed by atoms with E-state index in [1.165, 1.54) is 11.8 Å². The lowest BCUT2D eigenvalue weighted by molar-refractivity contribution is 0.102. The van der Waals surface area contributed by atoms with Crippen molar-refractivity contribution >= 4 is 40.6 Å². The monoisotopic (exact) mass is 378 g/mol. The van der Waals surface area contributed by atoms with E-state index < -0.39 is 0 Å². The highest BCUT2D eigenvalue weighted by molar-refractivity contribution is 7.98. The maximum atomic E-state index is 12.8. The van der Waals surface area contributed by atoms with Crippen LogP contribution in [0.25, 0.3) is 0 Å². The minimum Gasteiger partial charge on any atom is -0.376 e. The summed E-state index contributed by atoms with van der Waals surface area (Å²) in [7, 11) is 3.84. The molecule has 1 amide bonds. The number of thioether (sulfide) groups is 1. The fourth-order valence-corrected chi connectivity index (χ4v) is 3.35. The van der Waals surface area contributed by atoms with Crippen LogP contribution in [-0.4, -0.2) is 36.2 Å². The van der Waals surface area contributed by atoms with Crippen molar-refractivity contribution in [3.63, 3.8) is 0 Å². The highest BCUT2D eigenvalue weighted by Crippen LogP contribution is 2.29. The normalized spacial score (nSPS) is 10.9. The molecule has 0 saturated carbocycles. The number of hydrogen-bond donors (Lipinski definition) is 1. The molecule has 25 heavy (non-hydrogen) atoms. The molecule has 0 radical (unpaired) electrons. The molecule has 0 fully saturated rings. The van der Waals surface area contributed by atoms with Crippen molar-refractivity contribution in [2.24, 2.45) is 0 Å². The van der Waals surface area contributed by atoms with Crippen molar-refractivity contribution < 1.29 is 4.79 Å². The molecule has 0 aliphatic carbocycles. The van der Waals surface area contributed by atoms with Gasteiger partial charge in [-0.15, -0.1) is 11.8 Å². The van der Waals surface area contributed by atoms with E-state index in [1.807, 2.05) is 58.2 Å². The zero-order valence-electron chi connectivity index (χ0n) is 15.3. The molecule has 7 heteroatoms. The molecule has 0 spiro atoms. The molecular formula is C18H23ClN4OS. The van der Waals surface area contributed by atoms with E-state index in [0.29, 0.717) is 27.0 Å². The van der Waals surface area contributed by atoms with Crippen LogP contribution in [0, 0.1) is 6.92 Å². The number of aryl methyl sites for hydroxylation is 1. The Morgan fingerprint density at radius 3 is 2.48 bits per heavy atom. The van der Waals surface area contributed by atoms with Crippen LogP contribution in [0.2, 0.25) is 5.02 Å². The largest absolute Gasteiger partial charge is 0.376 e. The first-order valence-corrected chi connectivity index (χ1v) is 9.55. The number of halogens is 1. The number of benzene rings is 1. The first-order valence-electron chi connectivity index (χ1n) is 7.95. The van der Waals surface area contributed by atoms with Gasteiger partial charge in [0.1, 0.15) is 10.9 Å². The molecule has 1 N–H and O–H groups in total. The fraction of sp³-hybridized carbons (Fsp3) is 0.389. The number of carbonyl (C=O) groups excluding carboxylic acids is 1. The molecule has 2 rings (SSSR count). The third-order valence-corrected chi connectivity index (χ3v) is 4.68. The van der Waals surface area contributed by atoms with Gasteiger partial charge in [-0.25, -0.2) is 9.97 Å². The predicted octanol–water partition coefficient (Wildman–Crippen LogP) is 4.60. The number of anilines is 2. The van der Waals surface area contributed by atoms with E-state index >= 15 is 0 Å². The summed E-state index contributed by atoms with van der Waals surface area (Å²) < 4.78 is 0. The number of rotatable bonds is 5. The number of hydrogen-bond acceptors (Lipinski definition) is 5. The number of aromatic nitrogens is 2. The molecule has 2 aromatic rings. The Morgan fingerprint density at radius 1 is 1.28 bits per heavy atom. The van der Waals surface area contributed by atoms with Crippen molar-refractivity contribution in [1.29, 1.82) is 0 Å². The predicted molar refractivity (Wildman–Crippen MR) is 106 cm³/mol. The van der Waals surface area contributed by atoms with Crippen LogP contribution >= 0.6 is 23.4 Å². The maximum absolute atomic E-state index is 12.8. The Labute approximate surface area is 158 Å². The number of carbonyl (C=O) groups is 1. The van der Waals surface area contributed by atoms with Gasteiger partial charge in [0.2, 0.25) is 0 Å². The Balaban J connectivity index is 2.34. The van der Waals surface area contributed by atoms with Gasteiger partial charge in [-0.3, -0.25) is 4.79 Å². The first kappa shape index (κ1) is 19.5. The van der Waals surface area contributed by atoms with Gasteiger partial charge < -0.3 is 10.2 Å². The second kappa shape index (κ2) is 8.06. The Bertz CT molecular complexity index is 793. The Morgan fingerprint density at radius 2 is 1.96 bits per heavy atom. The molecule has 0 saturated heterocycles. The smallest absolute Gasteiger partial charge is 0.260 e. The molecule has 1 heterocycles. The molecule has 0 atom stereocenters. The van der Waals surface area contributed by atoms with Crippen molar-refractivity contribution in [2.45, 2.75) is 31.7 Å². The lowest BCUT2D eigenvalue weighted by Crippen LogP contribution is -2.18. The van der Waals surface area contributed by atoms with E-state index in [-0.39, 0.29) is 11.8 Å². The maximum Gasteiger partial charge on any atom is 0.260 e. The van der Waals surface area contributed by atoms with E-state index in [2.05, 4.69) is 15.3 Å². The van der Waals surface area contributed by atoms with Gasteiger partial charge >= 0.3 is 0 Å². The fourth-order valence-electron chi connectivity index (χ4n) is 2.38. The molecule has 0 aliphatic rings. The molecule has 134 valence electrons. The summed E-state index contributed by atoms with van der Waals surface area (Å²) in [6.45, 7) is 5.91. The standard InChI is InChI=1S/C18H23ClN4OS/c1-10(2)16-20-11(3)15(18(22-16)25-6)17(24)21-12-7-8-14(23(4)5)13(19)9-12/h7-10H,1-6H3,(H,21,24). The first-order chi connectivity index (χ1) is 11.7. The van der Waals surface area contributed by atoms with Crippen LogP contribution in [0.3, 0.4) is 0 Å². The molecular weight excluding hydrogens is 356 g/mol. The molecule has 0 aliphatic heterocycles. The zero-order chi connectivity index (χ0) is 18.7. The molecule has 0 bridgehead atoms. The van der Waals surface area contributed by atoms with Crippen LogP contribution < -0.4 is 10.2 Å². The highest BCUT2D eigenvalue weighted by Gasteiger charge is 2.20. The molecule has 1 aromatic carbocycles. The third-order valence-electron chi connectivity index (χ3n) is 3.70. The second-order valence-electron chi connectivity index (χ2n) is 6.22. The summed E-state index contributed by atoms with van der Waals surface area (Å²) in [4.78, 5) is 23.7. The SMILES string of the molecule is CSc1nc(C(C)C)nc(C)c1C(=O)Nc1ccc(N(C)C)c(Cl)c1. The van der Waals surface area contributed by atoms with Crippen molar-refractivity contribution in [1.82, 2.24) is 9.97 Å². The molecule has 0 unspecified atom stereocenters. The summed E-state index contributed by atoms with van der Waals surface area (Å²) in [5.41, 5.74) is 2.71. The topological polar surface area (TPSA) is 58.1 Å². The number of nitrogens with one attached hydrogen (secondary N) is 1. The van der Waals surface area contributed by atoms with Gasteiger partial charge in [0.15, 0.2) is 0 Å². The third kappa shape index (κ3) is 4.44. The second-order valence-corrected chi connectivity index (χ2v) is 7.42. The summed E-state index contributed by atoms with van der Waals surface area (Å²) in [5.74, 6) is 0.724. The summed E-state index contributed by atoms with van der Waals surface area (Å²) in [6.07, 6.45) is 1.91. The number of nitrogens with zero attached hydrogens (tertiary/aromatic N) is 3. The van der Waals surface area contributed by atoms with E-state index in [4.69, 9.17) is 11.6 Å². The van der Waals surface area contributed by atoms with Gasteiger partial charge in [-0.05, 0) is 31.4 Å². The van der Waals surface area contributed by atoms with E-state index in [0.717, 1.165) is 11.5 Å². The highest BCUT2D eigenvalue weighted by atomic mass is 35.5. The summed E-state index contributed by atoms with van der Waals surface area (Å²) in [5, 5.41) is 4.16. The quantitative estimate of drug-likeness (QED) is 0.608. The van der Waals surface area contributed by atoms with Crippen LogP contribution in [0.5, 0.6) is 0 Å². The van der Waals surface area contributed by atoms with Crippen molar-refractivity contribution in [2.75, 3.05) is 30.6 Å². The van der Waals surface area contributed by atoms with Gasteiger partial charge in [0.05, 0.1) is 22.0 Å². The van der Waals surface area contributed by atoms with Crippen LogP contribution in [0.15, 0.2) is 23.2 Å². The van der Waals surface area contributed by atoms with Gasteiger partial charge in [0, 0.05) is 25.7 Å². The lowest BCUT2D eigenvalue weighted by Gasteiger charge is -2.16. The minimum absolute atomic E-state index is 0.207. The Hall–Kier alpha value is -1.79. The average molecular weight is 379 g/mol. The van der Waals surface area contributed by atoms with Crippen molar-refractivity contribution in [3.8, 4) is 0 Å². The molecule has 1 aromatic heterocycles. The lowest BCUT2D eigenvalue weighted by atomic mass is 10.1. The van der Waals surface area contributed by atoms with Gasteiger partial charge in [-0.1, -0.05) is 25.4 Å². The zero-order valence-corrected chi connectivity index (χ0v) is 16.9. The number of amides is 1. The summed E-state index contributed by atoms with van der Waals surface area (Å²) >= 11 is 7.72. The van der Waals surface area contributed by atoms with Crippen LogP contribution in [-0.2, 0) is 0 Å². The van der Waals surface area contributed by atoms with Gasteiger partial charge in [0.25, 0.3) is 5.91 Å². The van der Waals surface area contributed by atoms with Crippen LogP contribution in [0.4, 0.5) is 11.4 Å². The van der Waals surface area contributed by atoms with E-state index in [1.54, 1.807) is 6.07 Å². The van der Waals surface area contributed by atoms with Gasteiger partial charge in [-0.2, -0.15) is 0 Å². The molecule has 5 nitrogen and oxygen atoms in total. The van der Waals surface area contributed by atoms with Crippen LogP contribution in [0.1, 0.15) is 41.6 Å². The minimum atomic E-state index is -0.231. The van der Waals surface area contributed by atoms with Crippen molar-refractivity contribution in [3.05, 3.63) is 40.3 Å². The summed E-state index contributed by atoms with van der Waals surface area (Å²) in [6, 6.07) is 5.45.